The molecule has 10 nitrogen and oxygen atoms in total. The first-order valence-electron chi connectivity index (χ1n) is 9.92. The second-order valence-corrected chi connectivity index (χ2v) is 7.16. The standard InChI is InChI=1S/C21H23N7O3/c1-26(21(30)16-3-2-4-19(13-16)28-15-22-24-25-28)14-20(29)23-17-5-7-18(8-6-17)27-9-11-31-12-10-27/h2-8,13,15H,9-12,14H2,1H3,(H,23,29). The van der Waals surface area contributed by atoms with E-state index in [1.807, 2.05) is 24.3 Å². The van der Waals surface area contributed by atoms with Gasteiger partial charge in [-0.3, -0.25) is 9.59 Å². The van der Waals surface area contributed by atoms with E-state index in [4.69, 9.17) is 4.74 Å². The first-order valence-corrected chi connectivity index (χ1v) is 9.92. The predicted octanol–water partition coefficient (Wildman–Crippen LogP) is 1.21. The van der Waals surface area contributed by atoms with Gasteiger partial charge in [-0.15, -0.1) is 5.10 Å². The van der Waals surface area contributed by atoms with E-state index in [1.54, 1.807) is 31.3 Å². The van der Waals surface area contributed by atoms with Gasteiger partial charge in [0.25, 0.3) is 5.91 Å². The van der Waals surface area contributed by atoms with Crippen LogP contribution in [0.2, 0.25) is 0 Å². The quantitative estimate of drug-likeness (QED) is 0.638. The van der Waals surface area contributed by atoms with Crippen LogP contribution in [0.5, 0.6) is 0 Å². The first kappa shape index (κ1) is 20.5. The molecule has 4 rings (SSSR count). The Kier molecular flexibility index (Phi) is 6.18. The number of tetrazole rings is 1. The first-order chi connectivity index (χ1) is 15.1. The number of hydrogen-bond acceptors (Lipinski definition) is 7. The van der Waals surface area contributed by atoms with Crippen molar-refractivity contribution in [3.63, 3.8) is 0 Å². The molecule has 2 amide bonds. The number of benzene rings is 2. The lowest BCUT2D eigenvalue weighted by atomic mass is 10.2. The Labute approximate surface area is 179 Å². The van der Waals surface area contributed by atoms with Gasteiger partial charge >= 0.3 is 0 Å². The number of carbonyl (C=O) groups excluding carboxylic acids is 2. The van der Waals surface area contributed by atoms with Crippen LogP contribution < -0.4 is 10.2 Å². The second kappa shape index (κ2) is 9.35. The molecule has 3 aromatic rings. The lowest BCUT2D eigenvalue weighted by Crippen LogP contribution is -2.36. The molecule has 1 N–H and O–H groups in total. The summed E-state index contributed by atoms with van der Waals surface area (Å²) in [6, 6.07) is 14.6. The maximum absolute atomic E-state index is 12.7. The summed E-state index contributed by atoms with van der Waals surface area (Å²) in [5.74, 6) is -0.542. The summed E-state index contributed by atoms with van der Waals surface area (Å²) in [5.41, 5.74) is 2.88. The molecule has 160 valence electrons. The maximum atomic E-state index is 12.7. The van der Waals surface area contributed by atoms with Crippen molar-refractivity contribution >= 4 is 23.2 Å². The van der Waals surface area contributed by atoms with Gasteiger partial charge in [0, 0.05) is 37.1 Å². The van der Waals surface area contributed by atoms with Crippen molar-refractivity contribution in [2.24, 2.45) is 0 Å². The van der Waals surface area contributed by atoms with Crippen LogP contribution in [-0.4, -0.2) is 76.8 Å². The molecule has 0 bridgehead atoms. The molecule has 1 aromatic heterocycles. The van der Waals surface area contributed by atoms with E-state index in [9.17, 15) is 9.59 Å². The van der Waals surface area contributed by atoms with Crippen molar-refractivity contribution in [2.45, 2.75) is 0 Å². The molecule has 2 aromatic carbocycles. The van der Waals surface area contributed by atoms with Gasteiger partial charge in [0.2, 0.25) is 5.91 Å². The summed E-state index contributed by atoms with van der Waals surface area (Å²) in [5, 5.41) is 13.8. The summed E-state index contributed by atoms with van der Waals surface area (Å²) in [6.07, 6.45) is 1.45. The van der Waals surface area contributed by atoms with E-state index in [0.29, 0.717) is 16.9 Å². The summed E-state index contributed by atoms with van der Waals surface area (Å²) in [4.78, 5) is 28.8. The topological polar surface area (TPSA) is 105 Å². The number of likely N-dealkylation sites (N-methyl/N-ethyl adjacent to an activating group) is 1. The SMILES string of the molecule is CN(CC(=O)Nc1ccc(N2CCOCC2)cc1)C(=O)c1cccc(-n2cnnn2)c1. The van der Waals surface area contributed by atoms with Gasteiger partial charge < -0.3 is 19.9 Å². The smallest absolute Gasteiger partial charge is 0.254 e. The normalized spacial score (nSPS) is 13.6. The number of rotatable bonds is 6. The molecule has 1 aliphatic heterocycles. The Morgan fingerprint density at radius 2 is 1.87 bits per heavy atom. The summed E-state index contributed by atoms with van der Waals surface area (Å²) < 4.78 is 6.83. The lowest BCUT2D eigenvalue weighted by molar-refractivity contribution is -0.116. The molecule has 1 fully saturated rings. The highest BCUT2D eigenvalue weighted by atomic mass is 16.5. The zero-order valence-corrected chi connectivity index (χ0v) is 17.1. The van der Waals surface area contributed by atoms with E-state index in [0.717, 1.165) is 32.0 Å². The number of hydrogen-bond donors (Lipinski definition) is 1. The number of nitrogens with one attached hydrogen (secondary N) is 1. The zero-order chi connectivity index (χ0) is 21.6. The molecule has 0 spiro atoms. The van der Waals surface area contributed by atoms with Gasteiger partial charge in [-0.25, -0.2) is 4.68 Å². The molecule has 10 heteroatoms. The third-order valence-electron chi connectivity index (χ3n) is 4.96. The molecule has 0 saturated carbocycles. The van der Waals surface area contributed by atoms with Gasteiger partial charge in [-0.1, -0.05) is 6.07 Å². The summed E-state index contributed by atoms with van der Waals surface area (Å²) >= 11 is 0. The Hall–Kier alpha value is -3.79. The number of morpholine rings is 1. The zero-order valence-electron chi connectivity index (χ0n) is 17.1. The fraction of sp³-hybridized carbons (Fsp3) is 0.286. The average molecular weight is 421 g/mol. The van der Waals surface area contributed by atoms with Crippen LogP contribution in [0.25, 0.3) is 5.69 Å². The maximum Gasteiger partial charge on any atom is 0.254 e. The molecule has 0 unspecified atom stereocenters. The van der Waals surface area contributed by atoms with E-state index in [1.165, 1.54) is 15.9 Å². The van der Waals surface area contributed by atoms with Crippen LogP contribution in [0.3, 0.4) is 0 Å². The minimum Gasteiger partial charge on any atom is -0.378 e. The molecular formula is C21H23N7O3. The van der Waals surface area contributed by atoms with Crippen molar-refractivity contribution in [2.75, 3.05) is 50.1 Å². The molecule has 1 saturated heterocycles. The Morgan fingerprint density at radius 3 is 2.58 bits per heavy atom. The molecule has 2 heterocycles. The monoisotopic (exact) mass is 421 g/mol. The second-order valence-electron chi connectivity index (χ2n) is 7.16. The van der Waals surface area contributed by atoms with Gasteiger partial charge in [0.15, 0.2) is 0 Å². The Morgan fingerprint density at radius 1 is 1.10 bits per heavy atom. The van der Waals surface area contributed by atoms with Crippen LogP contribution in [0.4, 0.5) is 11.4 Å². The number of carbonyl (C=O) groups is 2. The van der Waals surface area contributed by atoms with Crippen LogP contribution in [0.1, 0.15) is 10.4 Å². The highest BCUT2D eigenvalue weighted by molar-refractivity contribution is 5.99. The minimum atomic E-state index is -0.272. The number of aromatic nitrogens is 4. The van der Waals surface area contributed by atoms with Crippen LogP contribution in [0.15, 0.2) is 54.9 Å². The summed E-state index contributed by atoms with van der Waals surface area (Å²) in [6.45, 7) is 3.08. The van der Waals surface area contributed by atoms with Crippen molar-refractivity contribution in [1.82, 2.24) is 25.1 Å². The van der Waals surface area contributed by atoms with E-state index >= 15 is 0 Å². The molecule has 0 atom stereocenters. The van der Waals surface area contributed by atoms with Gasteiger partial charge in [-0.05, 0) is 52.9 Å². The van der Waals surface area contributed by atoms with Crippen LogP contribution in [0, 0.1) is 0 Å². The van der Waals surface area contributed by atoms with Crippen LogP contribution >= 0.6 is 0 Å². The van der Waals surface area contributed by atoms with E-state index < -0.39 is 0 Å². The van der Waals surface area contributed by atoms with Gasteiger partial charge in [0.05, 0.1) is 25.4 Å². The fourth-order valence-corrected chi connectivity index (χ4v) is 3.35. The summed E-state index contributed by atoms with van der Waals surface area (Å²) in [7, 11) is 1.59. The number of amides is 2. The third-order valence-corrected chi connectivity index (χ3v) is 4.96. The van der Waals surface area contributed by atoms with E-state index in [-0.39, 0.29) is 18.4 Å². The molecule has 1 aliphatic rings. The average Bonchev–Trinajstić information content (AvgIpc) is 3.35. The van der Waals surface area contributed by atoms with Crippen molar-refractivity contribution in [3.8, 4) is 5.69 Å². The number of ether oxygens (including phenoxy) is 1. The highest BCUT2D eigenvalue weighted by Gasteiger charge is 2.16. The molecule has 31 heavy (non-hydrogen) atoms. The minimum absolute atomic E-state index is 0.0703. The van der Waals surface area contributed by atoms with Crippen molar-refractivity contribution in [3.05, 3.63) is 60.4 Å². The fourth-order valence-electron chi connectivity index (χ4n) is 3.35. The Bertz CT molecular complexity index is 1030. The highest BCUT2D eigenvalue weighted by Crippen LogP contribution is 2.19. The van der Waals surface area contributed by atoms with Crippen molar-refractivity contribution < 1.29 is 14.3 Å². The van der Waals surface area contributed by atoms with Gasteiger partial charge in [0.1, 0.15) is 6.33 Å². The van der Waals surface area contributed by atoms with Gasteiger partial charge in [-0.2, -0.15) is 0 Å². The molecule has 0 radical (unpaired) electrons. The van der Waals surface area contributed by atoms with E-state index in [2.05, 4.69) is 25.7 Å². The lowest BCUT2D eigenvalue weighted by Gasteiger charge is -2.28. The molecular weight excluding hydrogens is 398 g/mol. The van der Waals surface area contributed by atoms with Crippen LogP contribution in [-0.2, 0) is 9.53 Å². The largest absolute Gasteiger partial charge is 0.378 e. The number of anilines is 2. The third kappa shape index (κ3) is 5.04. The van der Waals surface area contributed by atoms with Crippen molar-refractivity contribution in [1.29, 1.82) is 0 Å². The number of nitrogens with zero attached hydrogens (tertiary/aromatic N) is 6. The predicted molar refractivity (Wildman–Crippen MR) is 114 cm³/mol. The Balaban J connectivity index is 1.34. The molecule has 0 aliphatic carbocycles.